The Morgan fingerprint density at radius 3 is 2.95 bits per heavy atom. The molecule has 0 unspecified atom stereocenters. The predicted octanol–water partition coefficient (Wildman–Crippen LogP) is 1.62. The summed E-state index contributed by atoms with van der Waals surface area (Å²) in [6.45, 7) is 8.87. The van der Waals surface area contributed by atoms with Gasteiger partial charge in [0.15, 0.2) is 0 Å². The van der Waals surface area contributed by atoms with E-state index in [1.807, 2.05) is 32.4 Å². The van der Waals surface area contributed by atoms with Gasteiger partial charge in [0.25, 0.3) is 5.91 Å². The predicted molar refractivity (Wildman–Crippen MR) is 76.6 cm³/mol. The topological polar surface area (TPSA) is 68.5 Å². The maximum atomic E-state index is 12.0. The Morgan fingerprint density at radius 2 is 2.35 bits per heavy atom. The third-order valence-corrected chi connectivity index (χ3v) is 3.68. The molecule has 110 valence electrons. The third kappa shape index (κ3) is 2.84. The summed E-state index contributed by atoms with van der Waals surface area (Å²) in [5.41, 5.74) is 2.81. The minimum atomic E-state index is -0.525. The lowest BCUT2D eigenvalue weighted by Crippen LogP contribution is -2.39. The van der Waals surface area contributed by atoms with Crippen molar-refractivity contribution >= 4 is 11.6 Å². The number of aryl methyl sites for hydroxylation is 1. The molecule has 0 bridgehead atoms. The lowest BCUT2D eigenvalue weighted by atomic mass is 10.1. The molecule has 6 heteroatoms. The number of oxime groups is 1. The van der Waals surface area contributed by atoms with Crippen LogP contribution < -0.4 is 5.32 Å². The van der Waals surface area contributed by atoms with Gasteiger partial charge in [0, 0.05) is 30.3 Å². The highest BCUT2D eigenvalue weighted by Crippen LogP contribution is 2.19. The van der Waals surface area contributed by atoms with E-state index in [2.05, 4.69) is 15.6 Å². The first-order valence-electron chi connectivity index (χ1n) is 7.12. The summed E-state index contributed by atoms with van der Waals surface area (Å²) < 4.78 is 1.91. The average Bonchev–Trinajstić information content (AvgIpc) is 3.04. The van der Waals surface area contributed by atoms with E-state index in [1.165, 1.54) is 0 Å². The smallest absolute Gasteiger partial charge is 0.264 e. The van der Waals surface area contributed by atoms with Gasteiger partial charge in [-0.2, -0.15) is 5.10 Å². The highest BCUT2D eigenvalue weighted by molar-refractivity contribution is 6.04. The van der Waals surface area contributed by atoms with Crippen molar-refractivity contribution in [3.05, 3.63) is 17.5 Å². The summed E-state index contributed by atoms with van der Waals surface area (Å²) in [6, 6.07) is 0.153. The lowest BCUT2D eigenvalue weighted by molar-refractivity contribution is -0.131. The van der Waals surface area contributed by atoms with E-state index in [0.29, 0.717) is 6.42 Å². The minimum Gasteiger partial charge on any atom is -0.382 e. The van der Waals surface area contributed by atoms with E-state index in [0.717, 1.165) is 29.9 Å². The maximum absolute atomic E-state index is 12.0. The molecule has 0 spiro atoms. The molecule has 1 aromatic heterocycles. The standard InChI is InChI=1S/C14H22N4O2/c1-5-9(3)16-14(19)13-7-12(17-20-13)11-8-15-18(6-2)10(11)4/h8-9,13H,5-7H2,1-4H3,(H,16,19)/t9-,13+/m1/s1. The fraction of sp³-hybridized carbons (Fsp3) is 0.643. The summed E-state index contributed by atoms with van der Waals surface area (Å²) in [4.78, 5) is 17.3. The molecule has 2 rings (SSSR count). The van der Waals surface area contributed by atoms with E-state index in [4.69, 9.17) is 4.84 Å². The van der Waals surface area contributed by atoms with Gasteiger partial charge in [0.1, 0.15) is 0 Å². The van der Waals surface area contributed by atoms with Gasteiger partial charge in [-0.3, -0.25) is 9.48 Å². The summed E-state index contributed by atoms with van der Waals surface area (Å²) in [7, 11) is 0. The third-order valence-electron chi connectivity index (χ3n) is 3.68. The first kappa shape index (κ1) is 14.6. The molecule has 1 aromatic rings. The minimum absolute atomic E-state index is 0.0985. The molecule has 0 fully saturated rings. The fourth-order valence-corrected chi connectivity index (χ4v) is 2.16. The normalized spacial score (nSPS) is 19.4. The number of amides is 1. The lowest BCUT2D eigenvalue weighted by Gasteiger charge is -2.14. The highest BCUT2D eigenvalue weighted by Gasteiger charge is 2.30. The van der Waals surface area contributed by atoms with E-state index < -0.39 is 6.10 Å². The van der Waals surface area contributed by atoms with Crippen LogP contribution in [-0.2, 0) is 16.2 Å². The van der Waals surface area contributed by atoms with Crippen molar-refractivity contribution < 1.29 is 9.63 Å². The number of rotatable bonds is 5. The van der Waals surface area contributed by atoms with Crippen LogP contribution in [-0.4, -0.2) is 33.5 Å². The second-order valence-corrected chi connectivity index (χ2v) is 5.11. The summed E-state index contributed by atoms with van der Waals surface area (Å²) >= 11 is 0. The molecule has 0 saturated heterocycles. The number of carbonyl (C=O) groups is 1. The van der Waals surface area contributed by atoms with Crippen molar-refractivity contribution in [2.75, 3.05) is 0 Å². The van der Waals surface area contributed by atoms with Crippen LogP contribution in [0.3, 0.4) is 0 Å². The number of aromatic nitrogens is 2. The van der Waals surface area contributed by atoms with Crippen LogP contribution in [0.5, 0.6) is 0 Å². The van der Waals surface area contributed by atoms with Crippen molar-refractivity contribution in [2.24, 2.45) is 5.16 Å². The first-order valence-corrected chi connectivity index (χ1v) is 7.12. The molecule has 2 atom stereocenters. The van der Waals surface area contributed by atoms with Gasteiger partial charge >= 0.3 is 0 Å². The van der Waals surface area contributed by atoms with E-state index in [-0.39, 0.29) is 11.9 Å². The molecule has 1 amide bonds. The zero-order valence-electron chi connectivity index (χ0n) is 12.5. The molecular formula is C14H22N4O2. The molecule has 2 heterocycles. The van der Waals surface area contributed by atoms with Crippen LogP contribution >= 0.6 is 0 Å². The summed E-state index contributed by atoms with van der Waals surface area (Å²) in [6.07, 6.45) is 2.66. The van der Waals surface area contributed by atoms with Gasteiger partial charge in [-0.15, -0.1) is 0 Å². The molecule has 0 aromatic carbocycles. The molecule has 1 aliphatic heterocycles. The molecule has 1 aliphatic rings. The van der Waals surface area contributed by atoms with Crippen molar-refractivity contribution in [2.45, 2.75) is 59.2 Å². The molecule has 6 nitrogen and oxygen atoms in total. The Kier molecular flexibility index (Phi) is 4.42. The molecular weight excluding hydrogens is 256 g/mol. The number of carbonyl (C=O) groups excluding carboxylic acids is 1. The second-order valence-electron chi connectivity index (χ2n) is 5.11. The van der Waals surface area contributed by atoms with Gasteiger partial charge in [-0.1, -0.05) is 12.1 Å². The van der Waals surface area contributed by atoms with Crippen LogP contribution in [0.1, 0.15) is 44.9 Å². The van der Waals surface area contributed by atoms with E-state index in [9.17, 15) is 4.79 Å². The van der Waals surface area contributed by atoms with Gasteiger partial charge in [0.2, 0.25) is 6.10 Å². The van der Waals surface area contributed by atoms with Gasteiger partial charge in [-0.05, 0) is 27.2 Å². The molecule has 0 saturated carbocycles. The van der Waals surface area contributed by atoms with Crippen LogP contribution in [0, 0.1) is 6.92 Å². The quantitative estimate of drug-likeness (QED) is 0.890. The van der Waals surface area contributed by atoms with Crippen molar-refractivity contribution in [1.82, 2.24) is 15.1 Å². The van der Waals surface area contributed by atoms with Crippen LogP contribution in [0.4, 0.5) is 0 Å². The Morgan fingerprint density at radius 1 is 1.60 bits per heavy atom. The Hall–Kier alpha value is -1.85. The number of nitrogens with one attached hydrogen (secondary N) is 1. The maximum Gasteiger partial charge on any atom is 0.264 e. The SMILES string of the molecule is CC[C@@H](C)NC(=O)[C@@H]1CC(c2cnn(CC)c2C)=NO1. The van der Waals surface area contributed by atoms with Crippen LogP contribution in [0.25, 0.3) is 0 Å². The number of nitrogens with zero attached hydrogens (tertiary/aromatic N) is 3. The molecule has 0 radical (unpaired) electrons. The zero-order chi connectivity index (χ0) is 14.7. The number of hydrogen-bond donors (Lipinski definition) is 1. The van der Waals surface area contributed by atoms with Gasteiger partial charge in [0.05, 0.1) is 11.9 Å². The molecule has 0 aliphatic carbocycles. The Labute approximate surface area is 119 Å². The number of hydrogen-bond acceptors (Lipinski definition) is 4. The highest BCUT2D eigenvalue weighted by atomic mass is 16.6. The van der Waals surface area contributed by atoms with Gasteiger partial charge < -0.3 is 10.2 Å². The van der Waals surface area contributed by atoms with E-state index >= 15 is 0 Å². The Balaban J connectivity index is 2.01. The van der Waals surface area contributed by atoms with Crippen LogP contribution in [0.2, 0.25) is 0 Å². The second kappa shape index (κ2) is 6.07. The monoisotopic (exact) mass is 278 g/mol. The summed E-state index contributed by atoms with van der Waals surface area (Å²) in [5.74, 6) is -0.0985. The van der Waals surface area contributed by atoms with Crippen molar-refractivity contribution in [1.29, 1.82) is 0 Å². The van der Waals surface area contributed by atoms with Crippen LogP contribution in [0.15, 0.2) is 11.4 Å². The Bertz CT molecular complexity index is 521. The van der Waals surface area contributed by atoms with Crippen molar-refractivity contribution in [3.8, 4) is 0 Å². The fourth-order valence-electron chi connectivity index (χ4n) is 2.16. The zero-order valence-corrected chi connectivity index (χ0v) is 12.5. The van der Waals surface area contributed by atoms with Crippen molar-refractivity contribution in [3.63, 3.8) is 0 Å². The molecule has 20 heavy (non-hydrogen) atoms. The average molecular weight is 278 g/mol. The first-order chi connectivity index (χ1) is 9.56. The van der Waals surface area contributed by atoms with Gasteiger partial charge in [-0.25, -0.2) is 0 Å². The summed E-state index contributed by atoms with van der Waals surface area (Å²) in [5, 5.41) is 11.3. The van der Waals surface area contributed by atoms with E-state index in [1.54, 1.807) is 6.20 Å². The molecule has 1 N–H and O–H groups in total. The largest absolute Gasteiger partial charge is 0.382 e.